The first-order valence-electron chi connectivity index (χ1n) is 8.68. The van der Waals surface area contributed by atoms with E-state index in [2.05, 4.69) is 30.3 Å². The van der Waals surface area contributed by atoms with Crippen LogP contribution in [0.3, 0.4) is 0 Å². The number of carbonyl (C=O) groups excluding carboxylic acids is 1. The summed E-state index contributed by atoms with van der Waals surface area (Å²) in [5.74, 6) is 3.05. The lowest BCUT2D eigenvalue weighted by molar-refractivity contribution is 0.0704. The fourth-order valence-electron chi connectivity index (χ4n) is 2.97. The molecule has 9 heteroatoms. The molecule has 3 aromatic rings. The maximum Gasteiger partial charge on any atom is 0.292 e. The first kappa shape index (κ1) is 17.0. The van der Waals surface area contributed by atoms with E-state index < -0.39 is 0 Å². The molecule has 0 aliphatic carbocycles. The van der Waals surface area contributed by atoms with Crippen LogP contribution in [0.2, 0.25) is 0 Å². The summed E-state index contributed by atoms with van der Waals surface area (Å²) in [6, 6.07) is 9.13. The van der Waals surface area contributed by atoms with Crippen molar-refractivity contribution in [1.29, 1.82) is 0 Å². The number of pyridine rings is 1. The van der Waals surface area contributed by atoms with E-state index in [0.29, 0.717) is 37.8 Å². The van der Waals surface area contributed by atoms with Gasteiger partial charge in [0.1, 0.15) is 23.3 Å². The summed E-state index contributed by atoms with van der Waals surface area (Å²) in [6.45, 7) is 4.40. The van der Waals surface area contributed by atoms with Crippen LogP contribution in [0.25, 0.3) is 0 Å². The lowest BCUT2D eigenvalue weighted by atomic mass is 10.2. The summed E-state index contributed by atoms with van der Waals surface area (Å²) in [6.07, 6.45) is 3.20. The van der Waals surface area contributed by atoms with Crippen LogP contribution in [0, 0.1) is 6.92 Å². The largest absolute Gasteiger partial charge is 0.353 e. The van der Waals surface area contributed by atoms with Crippen LogP contribution in [-0.4, -0.2) is 57.1 Å². The van der Waals surface area contributed by atoms with Gasteiger partial charge in [-0.1, -0.05) is 11.2 Å². The molecule has 0 unspecified atom stereocenters. The molecule has 1 fully saturated rings. The zero-order valence-electron chi connectivity index (χ0n) is 14.9. The van der Waals surface area contributed by atoms with Gasteiger partial charge < -0.3 is 19.6 Å². The average Bonchev–Trinajstić information content (AvgIpc) is 3.23. The summed E-state index contributed by atoms with van der Waals surface area (Å²) in [7, 11) is 0. The van der Waals surface area contributed by atoms with E-state index in [1.165, 1.54) is 6.20 Å². The Bertz CT molecular complexity index is 907. The third kappa shape index (κ3) is 3.86. The topological polar surface area (TPSA) is 100 Å². The Balaban J connectivity index is 1.44. The molecule has 1 amide bonds. The molecular formula is C18H19N7O2. The summed E-state index contributed by atoms with van der Waals surface area (Å²) in [5.41, 5.74) is 0. The normalized spacial score (nSPS) is 14.3. The zero-order valence-corrected chi connectivity index (χ0v) is 14.9. The number of rotatable bonds is 4. The fraction of sp³-hybridized carbons (Fsp3) is 0.278. The number of anilines is 3. The molecule has 0 spiro atoms. The van der Waals surface area contributed by atoms with Gasteiger partial charge in [0.15, 0.2) is 0 Å². The van der Waals surface area contributed by atoms with Gasteiger partial charge in [0.05, 0.1) is 6.20 Å². The van der Waals surface area contributed by atoms with Gasteiger partial charge in [0, 0.05) is 44.5 Å². The second kappa shape index (κ2) is 7.40. The van der Waals surface area contributed by atoms with E-state index in [9.17, 15) is 4.79 Å². The molecule has 4 heterocycles. The van der Waals surface area contributed by atoms with Gasteiger partial charge in [0.2, 0.25) is 5.76 Å². The Kier molecular flexibility index (Phi) is 4.65. The third-order valence-corrected chi connectivity index (χ3v) is 4.28. The van der Waals surface area contributed by atoms with Crippen molar-refractivity contribution in [3.8, 4) is 0 Å². The number of aryl methyl sites for hydroxylation is 1. The molecule has 0 aromatic carbocycles. The fourth-order valence-corrected chi connectivity index (χ4v) is 2.97. The van der Waals surface area contributed by atoms with Gasteiger partial charge in [-0.2, -0.15) is 0 Å². The van der Waals surface area contributed by atoms with Gasteiger partial charge in [0.25, 0.3) is 5.91 Å². The lowest BCUT2D eigenvalue weighted by Gasteiger charge is -2.35. The number of nitrogens with one attached hydrogen (secondary N) is 1. The van der Waals surface area contributed by atoms with Crippen LogP contribution in [0.4, 0.5) is 17.5 Å². The minimum atomic E-state index is -0.136. The average molecular weight is 365 g/mol. The molecule has 1 aliphatic heterocycles. The standard InChI is InChI=1S/C18H19N7O2/c1-13-21-16(23-15-4-2-3-6-19-15)12-17(22-13)24-8-10-25(11-9-24)18(26)14-5-7-20-27-14/h2-7,12H,8-11H2,1H3,(H,19,21,22,23). The molecule has 0 atom stereocenters. The van der Waals surface area contributed by atoms with Crippen LogP contribution in [0.15, 0.2) is 47.2 Å². The molecular weight excluding hydrogens is 346 g/mol. The number of carbonyl (C=O) groups is 1. The quantitative estimate of drug-likeness (QED) is 0.748. The van der Waals surface area contributed by atoms with E-state index in [1.807, 2.05) is 31.2 Å². The number of amides is 1. The van der Waals surface area contributed by atoms with Crippen molar-refractivity contribution in [3.05, 3.63) is 54.3 Å². The Morgan fingerprint density at radius 2 is 1.93 bits per heavy atom. The Hall–Kier alpha value is -3.49. The highest BCUT2D eigenvalue weighted by Crippen LogP contribution is 2.20. The minimum absolute atomic E-state index is 0.136. The van der Waals surface area contributed by atoms with Crippen LogP contribution >= 0.6 is 0 Å². The molecule has 0 bridgehead atoms. The van der Waals surface area contributed by atoms with Gasteiger partial charge in [-0.15, -0.1) is 0 Å². The van der Waals surface area contributed by atoms with Crippen LogP contribution in [0.1, 0.15) is 16.4 Å². The Labute approximate surface area is 156 Å². The molecule has 1 saturated heterocycles. The van der Waals surface area contributed by atoms with E-state index in [1.54, 1.807) is 17.2 Å². The molecule has 0 saturated carbocycles. The maximum absolute atomic E-state index is 12.3. The van der Waals surface area contributed by atoms with Crippen molar-refractivity contribution in [3.63, 3.8) is 0 Å². The van der Waals surface area contributed by atoms with Crippen LogP contribution in [-0.2, 0) is 0 Å². The van der Waals surface area contributed by atoms with E-state index in [0.717, 1.165) is 11.6 Å². The van der Waals surface area contributed by atoms with Gasteiger partial charge in [-0.3, -0.25) is 4.79 Å². The Morgan fingerprint density at radius 1 is 1.07 bits per heavy atom. The van der Waals surface area contributed by atoms with Crippen molar-refractivity contribution < 1.29 is 9.32 Å². The van der Waals surface area contributed by atoms with E-state index in [-0.39, 0.29) is 11.7 Å². The molecule has 1 N–H and O–H groups in total. The summed E-state index contributed by atoms with van der Waals surface area (Å²) < 4.78 is 4.96. The highest BCUT2D eigenvalue weighted by molar-refractivity contribution is 5.91. The van der Waals surface area contributed by atoms with Gasteiger partial charge in [-0.05, 0) is 19.1 Å². The zero-order chi connectivity index (χ0) is 18.6. The highest BCUT2D eigenvalue weighted by Gasteiger charge is 2.25. The summed E-state index contributed by atoms with van der Waals surface area (Å²) >= 11 is 0. The molecule has 138 valence electrons. The molecule has 1 aliphatic rings. The van der Waals surface area contributed by atoms with Crippen molar-refractivity contribution >= 4 is 23.4 Å². The van der Waals surface area contributed by atoms with E-state index >= 15 is 0 Å². The third-order valence-electron chi connectivity index (χ3n) is 4.28. The van der Waals surface area contributed by atoms with Crippen LogP contribution in [0.5, 0.6) is 0 Å². The van der Waals surface area contributed by atoms with Crippen molar-refractivity contribution in [2.45, 2.75) is 6.92 Å². The van der Waals surface area contributed by atoms with Crippen molar-refractivity contribution in [2.75, 3.05) is 36.4 Å². The molecule has 0 radical (unpaired) electrons. The number of hydrogen-bond acceptors (Lipinski definition) is 8. The number of aromatic nitrogens is 4. The monoisotopic (exact) mass is 365 g/mol. The molecule has 3 aromatic heterocycles. The number of hydrogen-bond donors (Lipinski definition) is 1. The maximum atomic E-state index is 12.3. The predicted molar refractivity (Wildman–Crippen MR) is 98.9 cm³/mol. The van der Waals surface area contributed by atoms with Gasteiger partial charge >= 0.3 is 0 Å². The second-order valence-corrected chi connectivity index (χ2v) is 6.15. The first-order valence-corrected chi connectivity index (χ1v) is 8.68. The van der Waals surface area contributed by atoms with Crippen molar-refractivity contribution in [2.24, 2.45) is 0 Å². The number of nitrogens with zero attached hydrogens (tertiary/aromatic N) is 6. The molecule has 9 nitrogen and oxygen atoms in total. The number of piperazine rings is 1. The smallest absolute Gasteiger partial charge is 0.292 e. The predicted octanol–water partition coefficient (Wildman–Crippen LogP) is 1.87. The second-order valence-electron chi connectivity index (χ2n) is 6.15. The first-order chi connectivity index (χ1) is 13.2. The summed E-state index contributed by atoms with van der Waals surface area (Å²) in [4.78, 5) is 29.5. The molecule has 4 rings (SSSR count). The van der Waals surface area contributed by atoms with Crippen molar-refractivity contribution in [1.82, 2.24) is 25.0 Å². The minimum Gasteiger partial charge on any atom is -0.353 e. The lowest BCUT2D eigenvalue weighted by Crippen LogP contribution is -2.49. The Morgan fingerprint density at radius 3 is 2.63 bits per heavy atom. The highest BCUT2D eigenvalue weighted by atomic mass is 16.5. The SMILES string of the molecule is Cc1nc(Nc2ccccn2)cc(N2CCN(C(=O)c3ccno3)CC2)n1. The summed E-state index contributed by atoms with van der Waals surface area (Å²) in [5, 5.41) is 6.79. The van der Waals surface area contributed by atoms with Gasteiger partial charge in [-0.25, -0.2) is 15.0 Å². The van der Waals surface area contributed by atoms with Crippen LogP contribution < -0.4 is 10.2 Å². The van der Waals surface area contributed by atoms with E-state index in [4.69, 9.17) is 4.52 Å². The molecule has 27 heavy (non-hydrogen) atoms.